The molecule has 0 aliphatic carbocycles. The Hall–Kier alpha value is -1.77. The van der Waals surface area contributed by atoms with Crippen LogP contribution in [0.25, 0.3) is 0 Å². The van der Waals surface area contributed by atoms with Crippen molar-refractivity contribution in [1.82, 2.24) is 0 Å². The molecule has 108 valence electrons. The molecule has 0 fully saturated rings. The summed E-state index contributed by atoms with van der Waals surface area (Å²) in [6.45, 7) is 1.58. The molecule has 2 aromatic carbocycles. The number of rotatable bonds is 4. The van der Waals surface area contributed by atoms with Crippen LogP contribution < -0.4 is 0 Å². The monoisotopic (exact) mass is 320 g/mol. The molecule has 0 saturated heterocycles. The smallest absolute Gasteiger partial charge is 0.330 e. The number of benzene rings is 2. The van der Waals surface area contributed by atoms with E-state index in [2.05, 4.69) is 0 Å². The van der Waals surface area contributed by atoms with E-state index in [4.69, 9.17) is 28.3 Å². The third-order valence-electron chi connectivity index (χ3n) is 3.21. The van der Waals surface area contributed by atoms with E-state index in [-0.39, 0.29) is 5.92 Å². The predicted octanol–water partition coefficient (Wildman–Crippen LogP) is 5.16. The fraction of sp³-hybridized carbons (Fsp3) is 0.118. The van der Waals surface area contributed by atoms with Crippen molar-refractivity contribution >= 4 is 29.2 Å². The quantitative estimate of drug-likeness (QED) is 0.790. The Morgan fingerprint density at radius 2 is 1.33 bits per heavy atom. The molecular formula is C17H14Cl2O2. The number of hydrogen-bond acceptors (Lipinski definition) is 1. The summed E-state index contributed by atoms with van der Waals surface area (Å²) < 4.78 is 0. The first-order chi connectivity index (χ1) is 9.97. The third-order valence-corrected chi connectivity index (χ3v) is 3.72. The van der Waals surface area contributed by atoms with Gasteiger partial charge < -0.3 is 5.11 Å². The number of carboxylic acids is 1. The van der Waals surface area contributed by atoms with Crippen molar-refractivity contribution in [2.24, 2.45) is 0 Å². The second kappa shape index (κ2) is 6.79. The van der Waals surface area contributed by atoms with E-state index in [0.717, 1.165) is 11.1 Å². The predicted molar refractivity (Wildman–Crippen MR) is 86.1 cm³/mol. The summed E-state index contributed by atoms with van der Waals surface area (Å²) in [5.41, 5.74) is 2.24. The number of aliphatic carboxylic acids is 1. The van der Waals surface area contributed by atoms with Crippen LogP contribution in [0.3, 0.4) is 0 Å². The minimum Gasteiger partial charge on any atom is -0.478 e. The molecule has 2 aromatic rings. The fourth-order valence-corrected chi connectivity index (χ4v) is 2.30. The van der Waals surface area contributed by atoms with E-state index in [9.17, 15) is 4.79 Å². The van der Waals surface area contributed by atoms with Gasteiger partial charge in [0.15, 0.2) is 0 Å². The maximum atomic E-state index is 11.1. The van der Waals surface area contributed by atoms with Crippen molar-refractivity contribution in [2.75, 3.05) is 0 Å². The molecule has 0 spiro atoms. The lowest BCUT2D eigenvalue weighted by Gasteiger charge is -2.15. The molecule has 0 unspecified atom stereocenters. The van der Waals surface area contributed by atoms with Gasteiger partial charge in [-0.25, -0.2) is 4.79 Å². The first-order valence-electron chi connectivity index (χ1n) is 6.40. The average molecular weight is 321 g/mol. The highest BCUT2D eigenvalue weighted by Gasteiger charge is 2.14. The van der Waals surface area contributed by atoms with Crippen LogP contribution in [-0.4, -0.2) is 11.1 Å². The summed E-state index contributed by atoms with van der Waals surface area (Å²) in [6, 6.07) is 14.8. The topological polar surface area (TPSA) is 37.3 Å². The van der Waals surface area contributed by atoms with Gasteiger partial charge in [-0.1, -0.05) is 53.5 Å². The summed E-state index contributed by atoms with van der Waals surface area (Å²) in [5.74, 6) is -1.08. The number of hydrogen-bond donors (Lipinski definition) is 1. The molecule has 2 rings (SSSR count). The molecule has 0 amide bonds. The van der Waals surface area contributed by atoms with Gasteiger partial charge in [0, 0.05) is 21.5 Å². The molecule has 4 heteroatoms. The van der Waals surface area contributed by atoms with Gasteiger partial charge in [-0.05, 0) is 42.3 Å². The Morgan fingerprint density at radius 3 is 1.67 bits per heavy atom. The lowest BCUT2D eigenvalue weighted by molar-refractivity contribution is -0.132. The molecule has 0 aliphatic heterocycles. The summed E-state index contributed by atoms with van der Waals surface area (Å²) in [4.78, 5) is 11.1. The lowest BCUT2D eigenvalue weighted by atomic mass is 9.89. The first kappa shape index (κ1) is 15.6. The molecule has 0 atom stereocenters. The molecule has 0 aliphatic rings. The van der Waals surface area contributed by atoms with Gasteiger partial charge in [-0.3, -0.25) is 0 Å². The highest BCUT2D eigenvalue weighted by molar-refractivity contribution is 6.30. The Balaban J connectivity index is 2.48. The van der Waals surface area contributed by atoms with Gasteiger partial charge >= 0.3 is 5.97 Å². The standard InChI is InChI=1S/C17H14Cl2O2/c1-11(17(20)21)10-16(12-2-6-14(18)7-3-12)13-4-8-15(19)9-5-13/h2-10,16H,1H3,(H,20,21)/b11-10+. The maximum Gasteiger partial charge on any atom is 0.330 e. The Morgan fingerprint density at radius 1 is 0.952 bits per heavy atom. The van der Waals surface area contributed by atoms with E-state index >= 15 is 0 Å². The third kappa shape index (κ3) is 4.10. The van der Waals surface area contributed by atoms with Crippen molar-refractivity contribution in [1.29, 1.82) is 0 Å². The van der Waals surface area contributed by atoms with Crippen LogP contribution in [0.15, 0.2) is 60.2 Å². The van der Waals surface area contributed by atoms with Gasteiger partial charge in [-0.15, -0.1) is 0 Å². The normalized spacial score (nSPS) is 11.7. The Bertz CT molecular complexity index is 613. The van der Waals surface area contributed by atoms with Crippen LogP contribution in [0, 0.1) is 0 Å². The fourth-order valence-electron chi connectivity index (χ4n) is 2.05. The van der Waals surface area contributed by atoms with Crippen LogP contribution >= 0.6 is 23.2 Å². The second-order valence-electron chi connectivity index (χ2n) is 4.74. The van der Waals surface area contributed by atoms with Gasteiger partial charge in [-0.2, -0.15) is 0 Å². The number of carboxylic acid groups (broad SMARTS) is 1. The highest BCUT2D eigenvalue weighted by atomic mass is 35.5. The zero-order valence-electron chi connectivity index (χ0n) is 11.4. The molecule has 0 heterocycles. The molecule has 0 bridgehead atoms. The van der Waals surface area contributed by atoms with Gasteiger partial charge in [0.25, 0.3) is 0 Å². The highest BCUT2D eigenvalue weighted by Crippen LogP contribution is 2.29. The average Bonchev–Trinajstić information content (AvgIpc) is 2.46. The number of carbonyl (C=O) groups is 1. The summed E-state index contributed by atoms with van der Waals surface area (Å²) in [5, 5.41) is 10.4. The Kier molecular flexibility index (Phi) is 5.05. The zero-order chi connectivity index (χ0) is 15.4. The van der Waals surface area contributed by atoms with E-state index in [1.807, 2.05) is 24.3 Å². The SMILES string of the molecule is C/C(=C\C(c1ccc(Cl)cc1)c1ccc(Cl)cc1)C(=O)O. The van der Waals surface area contributed by atoms with E-state index in [0.29, 0.717) is 15.6 Å². The van der Waals surface area contributed by atoms with Crippen molar-refractivity contribution in [3.05, 3.63) is 81.4 Å². The van der Waals surface area contributed by atoms with Gasteiger partial charge in [0.05, 0.1) is 0 Å². The number of halogens is 2. The summed E-state index contributed by atoms with van der Waals surface area (Å²) in [6.07, 6.45) is 1.73. The summed E-state index contributed by atoms with van der Waals surface area (Å²) in [7, 11) is 0. The van der Waals surface area contributed by atoms with E-state index < -0.39 is 5.97 Å². The van der Waals surface area contributed by atoms with E-state index in [1.165, 1.54) is 0 Å². The van der Waals surface area contributed by atoms with Crippen LogP contribution in [0.5, 0.6) is 0 Å². The van der Waals surface area contributed by atoms with Crippen LogP contribution in [0.2, 0.25) is 10.0 Å². The first-order valence-corrected chi connectivity index (χ1v) is 7.15. The van der Waals surface area contributed by atoms with Crippen molar-refractivity contribution in [3.8, 4) is 0 Å². The molecule has 0 aromatic heterocycles. The van der Waals surface area contributed by atoms with Crippen molar-refractivity contribution in [3.63, 3.8) is 0 Å². The Labute approximate surface area is 133 Å². The molecule has 1 N–H and O–H groups in total. The molecule has 2 nitrogen and oxygen atoms in total. The molecule has 0 saturated carbocycles. The lowest BCUT2D eigenvalue weighted by Crippen LogP contribution is -2.03. The molecule has 21 heavy (non-hydrogen) atoms. The minimum atomic E-state index is -0.928. The maximum absolute atomic E-state index is 11.1. The van der Waals surface area contributed by atoms with Crippen LogP contribution in [0.1, 0.15) is 24.0 Å². The van der Waals surface area contributed by atoms with Crippen molar-refractivity contribution < 1.29 is 9.90 Å². The zero-order valence-corrected chi connectivity index (χ0v) is 12.9. The van der Waals surface area contributed by atoms with Crippen LogP contribution in [0.4, 0.5) is 0 Å². The van der Waals surface area contributed by atoms with Crippen LogP contribution in [-0.2, 0) is 4.79 Å². The second-order valence-corrected chi connectivity index (χ2v) is 5.61. The van der Waals surface area contributed by atoms with Gasteiger partial charge in [0.1, 0.15) is 0 Å². The van der Waals surface area contributed by atoms with Gasteiger partial charge in [0.2, 0.25) is 0 Å². The largest absolute Gasteiger partial charge is 0.478 e. The minimum absolute atomic E-state index is 0.157. The number of allylic oxidation sites excluding steroid dienone is 1. The summed E-state index contributed by atoms with van der Waals surface area (Å²) >= 11 is 11.8. The van der Waals surface area contributed by atoms with Crippen molar-refractivity contribution in [2.45, 2.75) is 12.8 Å². The molecule has 0 radical (unpaired) electrons. The van der Waals surface area contributed by atoms with E-state index in [1.54, 1.807) is 37.3 Å². The molecular weight excluding hydrogens is 307 g/mol.